The Kier molecular flexibility index (Phi) is 6.41. The summed E-state index contributed by atoms with van der Waals surface area (Å²) < 4.78 is 6.75. The molecule has 6 nitrogen and oxygen atoms in total. The van der Waals surface area contributed by atoms with Gasteiger partial charge < -0.3 is 19.6 Å². The predicted molar refractivity (Wildman–Crippen MR) is 161 cm³/mol. The first kappa shape index (κ1) is 25.8. The minimum Gasteiger partial charge on any atom is -0.508 e. The Morgan fingerprint density at radius 1 is 0.700 bits per heavy atom. The summed E-state index contributed by atoms with van der Waals surface area (Å²) in [7, 11) is 0. The Morgan fingerprint density at radius 2 is 1.23 bits per heavy atom. The molecule has 0 aromatic heterocycles. The highest BCUT2D eigenvalue weighted by atomic mass is 16.5. The van der Waals surface area contributed by atoms with Crippen LogP contribution in [0.2, 0.25) is 0 Å². The maximum Gasteiger partial charge on any atom is 0.260 e. The highest BCUT2D eigenvalue weighted by Crippen LogP contribution is 2.59. The van der Waals surface area contributed by atoms with Gasteiger partial charge in [-0.15, -0.1) is 0 Å². The van der Waals surface area contributed by atoms with Crippen LogP contribution in [0.3, 0.4) is 0 Å². The van der Waals surface area contributed by atoms with Crippen LogP contribution in [0.1, 0.15) is 54.7 Å². The molecule has 1 spiro atoms. The molecular weight excluding hydrogens is 498 g/mol. The van der Waals surface area contributed by atoms with Gasteiger partial charge in [-0.3, -0.25) is 9.69 Å². The van der Waals surface area contributed by atoms with Gasteiger partial charge in [0.05, 0.1) is 0 Å². The minimum absolute atomic E-state index is 0.0827. The Hall–Kier alpha value is -4.45. The van der Waals surface area contributed by atoms with Gasteiger partial charge in [0.2, 0.25) is 0 Å². The molecule has 6 rings (SSSR count). The maximum atomic E-state index is 14.3. The van der Waals surface area contributed by atoms with Crippen LogP contribution in [0, 0.1) is 0 Å². The van der Waals surface area contributed by atoms with E-state index in [9.17, 15) is 9.90 Å². The summed E-state index contributed by atoms with van der Waals surface area (Å²) in [6, 6.07) is 27.5. The van der Waals surface area contributed by atoms with Crippen molar-refractivity contribution < 1.29 is 14.6 Å². The van der Waals surface area contributed by atoms with E-state index in [4.69, 9.17) is 4.74 Å². The second kappa shape index (κ2) is 9.94. The molecule has 1 amide bonds. The number of hydrogen-bond donors (Lipinski definition) is 1. The molecule has 4 aromatic rings. The van der Waals surface area contributed by atoms with Gasteiger partial charge in [-0.2, -0.15) is 0 Å². The number of benzene rings is 4. The third-order valence-electron chi connectivity index (χ3n) is 8.38. The van der Waals surface area contributed by atoms with Crippen molar-refractivity contribution in [3.8, 4) is 17.2 Å². The van der Waals surface area contributed by atoms with Gasteiger partial charge in [-0.05, 0) is 70.2 Å². The number of nitrogens with zero attached hydrogens (tertiary/aromatic N) is 3. The van der Waals surface area contributed by atoms with Crippen molar-refractivity contribution in [3.05, 3.63) is 107 Å². The number of phenolic OH excluding ortho intramolecular Hbond substituents is 1. The van der Waals surface area contributed by atoms with Gasteiger partial charge in [0.15, 0.2) is 0 Å². The van der Waals surface area contributed by atoms with Crippen LogP contribution >= 0.6 is 0 Å². The van der Waals surface area contributed by atoms with Crippen LogP contribution < -0.4 is 19.4 Å². The zero-order chi connectivity index (χ0) is 28.0. The molecule has 6 heteroatoms. The largest absolute Gasteiger partial charge is 0.508 e. The van der Waals surface area contributed by atoms with E-state index in [1.165, 1.54) is 0 Å². The van der Waals surface area contributed by atoms with Crippen molar-refractivity contribution >= 4 is 23.0 Å². The van der Waals surface area contributed by atoms with Gasteiger partial charge in [0, 0.05) is 77.6 Å². The number of fused-ring (bicyclic) bond motifs is 6. The maximum absolute atomic E-state index is 14.3. The number of phenols is 1. The molecule has 2 aliphatic heterocycles. The van der Waals surface area contributed by atoms with E-state index < -0.39 is 5.54 Å². The number of carbonyl (C=O) groups excluding carboxylic acids is 1. The average molecular weight is 534 g/mol. The number of aromatic hydroxyl groups is 1. The zero-order valence-corrected chi connectivity index (χ0v) is 23.5. The van der Waals surface area contributed by atoms with Crippen LogP contribution in [0.15, 0.2) is 84.9 Å². The van der Waals surface area contributed by atoms with Crippen molar-refractivity contribution in [2.45, 2.75) is 33.2 Å². The minimum atomic E-state index is -0.947. The Bertz CT molecular complexity index is 1510. The molecule has 0 saturated heterocycles. The normalized spacial score (nSPS) is 14.4. The summed E-state index contributed by atoms with van der Waals surface area (Å²) in [5.74, 6) is 1.55. The lowest BCUT2D eigenvalue weighted by molar-refractivity contribution is 0.0985. The van der Waals surface area contributed by atoms with Gasteiger partial charge in [0.25, 0.3) is 5.91 Å². The second-order valence-corrected chi connectivity index (χ2v) is 10.2. The summed E-state index contributed by atoms with van der Waals surface area (Å²) in [6.45, 7) is 12.1. The van der Waals surface area contributed by atoms with Crippen molar-refractivity contribution in [2.24, 2.45) is 0 Å². The molecule has 0 aliphatic carbocycles. The first-order valence-electron chi connectivity index (χ1n) is 14.2. The molecule has 1 N–H and O–H groups in total. The third kappa shape index (κ3) is 3.66. The molecule has 2 aliphatic rings. The zero-order valence-electron chi connectivity index (χ0n) is 23.5. The van der Waals surface area contributed by atoms with Crippen LogP contribution in [-0.4, -0.2) is 37.2 Å². The molecule has 0 saturated carbocycles. The van der Waals surface area contributed by atoms with Crippen LogP contribution in [0.5, 0.6) is 17.2 Å². The summed E-state index contributed by atoms with van der Waals surface area (Å²) in [5, 5.41) is 10.1. The van der Waals surface area contributed by atoms with E-state index in [0.29, 0.717) is 11.3 Å². The Balaban J connectivity index is 1.70. The fourth-order valence-corrected chi connectivity index (χ4v) is 6.45. The molecule has 0 fully saturated rings. The van der Waals surface area contributed by atoms with E-state index in [-0.39, 0.29) is 11.7 Å². The van der Waals surface area contributed by atoms with Crippen LogP contribution in [0.4, 0.5) is 17.1 Å². The smallest absolute Gasteiger partial charge is 0.260 e. The molecule has 4 aromatic carbocycles. The summed E-state index contributed by atoms with van der Waals surface area (Å²) in [5.41, 5.74) is 5.33. The third-order valence-corrected chi connectivity index (χ3v) is 8.38. The van der Waals surface area contributed by atoms with Crippen LogP contribution in [-0.2, 0) is 5.54 Å². The topological polar surface area (TPSA) is 56.2 Å². The predicted octanol–water partition coefficient (Wildman–Crippen LogP) is 7.14. The number of hydrogen-bond acceptors (Lipinski definition) is 5. The molecule has 0 atom stereocenters. The fraction of sp³-hybridized carbons (Fsp3) is 0.265. The molecule has 0 unspecified atom stereocenters. The number of amides is 1. The lowest BCUT2D eigenvalue weighted by Gasteiger charge is -2.44. The molecule has 0 radical (unpaired) electrons. The van der Waals surface area contributed by atoms with E-state index in [1.54, 1.807) is 12.1 Å². The first-order chi connectivity index (χ1) is 19.5. The van der Waals surface area contributed by atoms with Crippen molar-refractivity contribution in [1.82, 2.24) is 0 Å². The van der Waals surface area contributed by atoms with E-state index in [0.717, 1.165) is 65.7 Å². The average Bonchev–Trinajstić information content (AvgIpc) is 3.23. The standard InChI is InChI=1S/C34H35N3O3/c1-5-35(6-2)24-15-19-29-31(21-24)40-32-22-25(36(7-3)8-4)16-20-30(32)34(29)28-12-10-9-11-27(28)33(39)37(34)23-13-17-26(38)18-14-23/h9-22,38H,5-8H2,1-4H3. The lowest BCUT2D eigenvalue weighted by atomic mass is 9.74. The van der Waals surface area contributed by atoms with Crippen molar-refractivity contribution in [2.75, 3.05) is 40.9 Å². The summed E-state index contributed by atoms with van der Waals surface area (Å²) in [6.07, 6.45) is 0. The van der Waals surface area contributed by atoms with Gasteiger partial charge in [-0.1, -0.05) is 30.3 Å². The fourth-order valence-electron chi connectivity index (χ4n) is 6.45. The SMILES string of the molecule is CCN(CC)c1ccc2c(c1)Oc1cc(N(CC)CC)ccc1C21c2ccccc2C(=O)N1c1ccc(O)cc1. The second-order valence-electron chi connectivity index (χ2n) is 10.2. The molecule has 204 valence electrons. The highest BCUT2D eigenvalue weighted by Gasteiger charge is 2.57. The number of carbonyl (C=O) groups is 1. The van der Waals surface area contributed by atoms with Crippen molar-refractivity contribution in [1.29, 1.82) is 0 Å². The highest BCUT2D eigenvalue weighted by molar-refractivity contribution is 6.14. The quantitative estimate of drug-likeness (QED) is 0.274. The summed E-state index contributed by atoms with van der Waals surface area (Å²) >= 11 is 0. The molecule has 2 heterocycles. The van der Waals surface area contributed by atoms with E-state index >= 15 is 0 Å². The monoisotopic (exact) mass is 533 g/mol. The lowest BCUT2D eigenvalue weighted by Crippen LogP contribution is -2.47. The first-order valence-corrected chi connectivity index (χ1v) is 14.2. The molecule has 40 heavy (non-hydrogen) atoms. The number of rotatable bonds is 7. The van der Waals surface area contributed by atoms with E-state index in [1.807, 2.05) is 35.2 Å². The van der Waals surface area contributed by atoms with E-state index in [2.05, 4.69) is 80.0 Å². The number of ether oxygens (including phenoxy) is 1. The van der Waals surface area contributed by atoms with Gasteiger partial charge >= 0.3 is 0 Å². The molecular formula is C34H35N3O3. The Labute approximate surface area is 236 Å². The molecule has 0 bridgehead atoms. The van der Waals surface area contributed by atoms with Crippen molar-refractivity contribution in [3.63, 3.8) is 0 Å². The van der Waals surface area contributed by atoms with Gasteiger partial charge in [-0.25, -0.2) is 0 Å². The van der Waals surface area contributed by atoms with Crippen LogP contribution in [0.25, 0.3) is 0 Å². The van der Waals surface area contributed by atoms with Gasteiger partial charge in [0.1, 0.15) is 22.8 Å². The Morgan fingerprint density at radius 3 is 1.75 bits per heavy atom. The number of anilines is 3. The summed E-state index contributed by atoms with van der Waals surface area (Å²) in [4.78, 5) is 20.8.